The number of aromatic nitrogens is 1. The van der Waals surface area contributed by atoms with Gasteiger partial charge in [0.15, 0.2) is 0 Å². The van der Waals surface area contributed by atoms with Gasteiger partial charge in [0, 0.05) is 18.4 Å². The SMILES string of the molecule is C[C](CNC(CO)C(O)c1ccccc1)Cc1c[nH]c(C)c1C. The van der Waals surface area contributed by atoms with Crippen molar-refractivity contribution in [3.05, 3.63) is 64.8 Å². The highest BCUT2D eigenvalue weighted by atomic mass is 16.3. The summed E-state index contributed by atoms with van der Waals surface area (Å²) in [6.45, 7) is 6.85. The van der Waals surface area contributed by atoms with Gasteiger partial charge in [-0.2, -0.15) is 0 Å². The van der Waals surface area contributed by atoms with Crippen LogP contribution < -0.4 is 5.32 Å². The summed E-state index contributed by atoms with van der Waals surface area (Å²) in [4.78, 5) is 3.24. The van der Waals surface area contributed by atoms with Crippen LogP contribution in [0.15, 0.2) is 36.5 Å². The van der Waals surface area contributed by atoms with E-state index in [0.29, 0.717) is 6.54 Å². The highest BCUT2D eigenvalue weighted by Crippen LogP contribution is 2.19. The van der Waals surface area contributed by atoms with E-state index in [1.54, 1.807) is 0 Å². The fraction of sp³-hybridized carbons (Fsp3) is 0.421. The third-order valence-corrected chi connectivity index (χ3v) is 4.38. The maximum Gasteiger partial charge on any atom is 0.0965 e. The van der Waals surface area contributed by atoms with E-state index in [4.69, 9.17) is 0 Å². The first-order chi connectivity index (χ1) is 11.0. The molecule has 2 rings (SSSR count). The van der Waals surface area contributed by atoms with Crippen LogP contribution in [-0.2, 0) is 6.42 Å². The van der Waals surface area contributed by atoms with Crippen molar-refractivity contribution in [2.45, 2.75) is 39.3 Å². The quantitative estimate of drug-likeness (QED) is 0.605. The molecule has 23 heavy (non-hydrogen) atoms. The summed E-state index contributed by atoms with van der Waals surface area (Å²) in [5.41, 5.74) is 4.61. The molecule has 4 N–H and O–H groups in total. The Hall–Kier alpha value is -1.62. The number of hydrogen-bond donors (Lipinski definition) is 4. The summed E-state index contributed by atoms with van der Waals surface area (Å²) in [7, 11) is 0. The standard InChI is InChI=1S/C19H27N2O2/c1-13(9-17-11-20-15(3)14(17)2)10-21-18(12-22)19(23)16-7-5-4-6-8-16/h4-8,11,18-23H,9-10,12H2,1-3H3. The molecule has 1 heterocycles. The second-order valence-electron chi connectivity index (χ2n) is 6.22. The summed E-state index contributed by atoms with van der Waals surface area (Å²) in [5.74, 6) is 1.27. The Balaban J connectivity index is 1.88. The molecule has 0 amide bonds. The zero-order valence-corrected chi connectivity index (χ0v) is 14.1. The molecular formula is C19H27N2O2. The molecule has 0 aliphatic carbocycles. The summed E-state index contributed by atoms with van der Waals surface area (Å²) in [6.07, 6.45) is 2.23. The first kappa shape index (κ1) is 17.7. The highest BCUT2D eigenvalue weighted by molar-refractivity contribution is 5.30. The minimum absolute atomic E-state index is 0.106. The normalized spacial score (nSPS) is 14.2. The number of nitrogens with one attached hydrogen (secondary N) is 2. The number of hydrogen-bond acceptors (Lipinski definition) is 3. The first-order valence-electron chi connectivity index (χ1n) is 8.05. The van der Waals surface area contributed by atoms with E-state index >= 15 is 0 Å². The molecule has 2 unspecified atom stereocenters. The maximum atomic E-state index is 10.4. The van der Waals surface area contributed by atoms with Crippen molar-refractivity contribution in [2.75, 3.05) is 13.2 Å². The van der Waals surface area contributed by atoms with Gasteiger partial charge in [-0.3, -0.25) is 0 Å². The maximum absolute atomic E-state index is 10.4. The van der Waals surface area contributed by atoms with Crippen molar-refractivity contribution >= 4 is 0 Å². The van der Waals surface area contributed by atoms with Crippen LogP contribution in [0.1, 0.15) is 35.4 Å². The lowest BCUT2D eigenvalue weighted by molar-refractivity contribution is 0.0908. The lowest BCUT2D eigenvalue weighted by atomic mass is 9.98. The van der Waals surface area contributed by atoms with E-state index in [1.165, 1.54) is 22.7 Å². The second-order valence-corrected chi connectivity index (χ2v) is 6.22. The zero-order valence-electron chi connectivity index (χ0n) is 14.1. The monoisotopic (exact) mass is 315 g/mol. The molecule has 4 heteroatoms. The fourth-order valence-corrected chi connectivity index (χ4v) is 2.69. The minimum atomic E-state index is -0.717. The molecule has 0 aliphatic rings. The number of H-pyrrole nitrogens is 1. The lowest BCUT2D eigenvalue weighted by Crippen LogP contribution is -2.40. The Kier molecular flexibility index (Phi) is 6.39. The molecule has 0 saturated heterocycles. The second kappa shape index (κ2) is 8.29. The summed E-state index contributed by atoms with van der Waals surface area (Å²) in [5, 5.41) is 23.2. The van der Waals surface area contributed by atoms with Crippen LogP contribution in [0, 0.1) is 19.8 Å². The van der Waals surface area contributed by atoms with E-state index in [9.17, 15) is 10.2 Å². The highest BCUT2D eigenvalue weighted by Gasteiger charge is 2.20. The zero-order chi connectivity index (χ0) is 16.8. The van der Waals surface area contributed by atoms with Gasteiger partial charge in [-0.1, -0.05) is 37.3 Å². The first-order valence-corrected chi connectivity index (χ1v) is 8.05. The molecule has 0 spiro atoms. The smallest absolute Gasteiger partial charge is 0.0965 e. The van der Waals surface area contributed by atoms with Gasteiger partial charge in [0.05, 0.1) is 18.8 Å². The molecule has 2 atom stereocenters. The van der Waals surface area contributed by atoms with Gasteiger partial charge in [-0.15, -0.1) is 0 Å². The fourth-order valence-electron chi connectivity index (χ4n) is 2.69. The predicted octanol–water partition coefficient (Wildman–Crippen LogP) is 2.45. The van der Waals surface area contributed by atoms with E-state index in [-0.39, 0.29) is 12.6 Å². The number of aromatic amines is 1. The van der Waals surface area contributed by atoms with E-state index in [1.807, 2.05) is 30.3 Å². The van der Waals surface area contributed by atoms with Crippen molar-refractivity contribution in [1.82, 2.24) is 10.3 Å². The molecule has 1 aromatic carbocycles. The topological polar surface area (TPSA) is 68.3 Å². The van der Waals surface area contributed by atoms with E-state index in [0.717, 1.165) is 12.0 Å². The molecule has 0 saturated carbocycles. The van der Waals surface area contributed by atoms with Gasteiger partial charge < -0.3 is 20.5 Å². The predicted molar refractivity (Wildman–Crippen MR) is 93.2 cm³/mol. The summed E-state index contributed by atoms with van der Waals surface area (Å²) in [6, 6.07) is 9.07. The lowest BCUT2D eigenvalue weighted by Gasteiger charge is -2.24. The van der Waals surface area contributed by atoms with Crippen LogP contribution >= 0.6 is 0 Å². The number of rotatable bonds is 8. The Bertz CT molecular complexity index is 595. The van der Waals surface area contributed by atoms with Crippen molar-refractivity contribution in [3.63, 3.8) is 0 Å². The van der Waals surface area contributed by atoms with Crippen molar-refractivity contribution in [2.24, 2.45) is 0 Å². The van der Waals surface area contributed by atoms with Crippen LogP contribution in [0.2, 0.25) is 0 Å². The van der Waals surface area contributed by atoms with Crippen LogP contribution in [0.4, 0.5) is 0 Å². The van der Waals surface area contributed by atoms with Gasteiger partial charge in [0.1, 0.15) is 0 Å². The Morgan fingerprint density at radius 1 is 1.22 bits per heavy atom. The van der Waals surface area contributed by atoms with Crippen LogP contribution in [0.25, 0.3) is 0 Å². The van der Waals surface area contributed by atoms with Crippen molar-refractivity contribution in [1.29, 1.82) is 0 Å². The third-order valence-electron chi connectivity index (χ3n) is 4.38. The molecular weight excluding hydrogens is 288 g/mol. The third kappa shape index (κ3) is 4.67. The van der Waals surface area contributed by atoms with Crippen molar-refractivity contribution < 1.29 is 10.2 Å². The van der Waals surface area contributed by atoms with Gasteiger partial charge >= 0.3 is 0 Å². The Morgan fingerprint density at radius 3 is 2.48 bits per heavy atom. The summed E-state index contributed by atoms with van der Waals surface area (Å²) < 4.78 is 0. The van der Waals surface area contributed by atoms with Crippen LogP contribution in [-0.4, -0.2) is 34.4 Å². The Labute approximate surface area is 138 Å². The molecule has 4 nitrogen and oxygen atoms in total. The number of aliphatic hydroxyl groups excluding tert-OH is 2. The molecule has 2 aromatic rings. The molecule has 0 aliphatic heterocycles. The molecule has 0 fully saturated rings. The largest absolute Gasteiger partial charge is 0.395 e. The van der Waals surface area contributed by atoms with Gasteiger partial charge in [-0.05, 0) is 42.9 Å². The van der Waals surface area contributed by atoms with Gasteiger partial charge in [-0.25, -0.2) is 0 Å². The molecule has 0 bridgehead atoms. The summed E-state index contributed by atoms with van der Waals surface area (Å²) >= 11 is 0. The Morgan fingerprint density at radius 2 is 1.91 bits per heavy atom. The number of benzene rings is 1. The molecule has 125 valence electrons. The van der Waals surface area contributed by atoms with Crippen LogP contribution in [0.3, 0.4) is 0 Å². The van der Waals surface area contributed by atoms with Gasteiger partial charge in [0.2, 0.25) is 0 Å². The van der Waals surface area contributed by atoms with E-state index < -0.39 is 6.10 Å². The number of aryl methyl sites for hydroxylation is 1. The van der Waals surface area contributed by atoms with E-state index in [2.05, 4.69) is 37.3 Å². The van der Waals surface area contributed by atoms with Crippen LogP contribution in [0.5, 0.6) is 0 Å². The molecule has 1 aromatic heterocycles. The van der Waals surface area contributed by atoms with Gasteiger partial charge in [0.25, 0.3) is 0 Å². The minimum Gasteiger partial charge on any atom is -0.395 e. The average molecular weight is 315 g/mol. The molecule has 1 radical (unpaired) electrons. The number of aliphatic hydroxyl groups is 2. The van der Waals surface area contributed by atoms with Crippen molar-refractivity contribution in [3.8, 4) is 0 Å². The average Bonchev–Trinajstić information content (AvgIpc) is 2.88.